The average molecular weight is 257 g/mol. The summed E-state index contributed by atoms with van der Waals surface area (Å²) in [6.07, 6.45) is 1.72. The van der Waals surface area contributed by atoms with Crippen molar-refractivity contribution in [3.8, 4) is 0 Å². The molecule has 0 radical (unpaired) electrons. The van der Waals surface area contributed by atoms with Gasteiger partial charge in [-0.2, -0.15) is 0 Å². The van der Waals surface area contributed by atoms with Crippen molar-refractivity contribution >= 4 is 22.9 Å². The minimum Gasteiger partial charge on any atom is -0.251 e. The number of aromatic nitrogens is 3. The highest BCUT2D eigenvalue weighted by Crippen LogP contribution is 2.13. The van der Waals surface area contributed by atoms with Crippen molar-refractivity contribution in [3.05, 3.63) is 43.7 Å². The maximum absolute atomic E-state index is 11.2. The van der Waals surface area contributed by atoms with Crippen molar-refractivity contribution in [2.24, 2.45) is 0 Å². The molecule has 0 aliphatic rings. The number of aryl methyl sites for hydroxylation is 1. The van der Waals surface area contributed by atoms with Gasteiger partial charge in [-0.25, -0.2) is 4.98 Å². The third kappa shape index (κ3) is 2.15. The number of hydrogen-bond acceptors (Lipinski definition) is 3. The van der Waals surface area contributed by atoms with E-state index in [2.05, 4.69) is 10.1 Å². The summed E-state index contributed by atoms with van der Waals surface area (Å²) in [5.74, 6) is 0. The average Bonchev–Trinajstić information content (AvgIpc) is 2.58. The standard InChI is InChI=1S/C10H10ClN3OS/c1-6(8-3-4-9(11)12-5-8)14-7(2)16-10(15)13-14/h3-6H,1-2H3/p+1. The lowest BCUT2D eigenvalue weighted by molar-refractivity contribution is -0.767. The van der Waals surface area contributed by atoms with Gasteiger partial charge in [-0.3, -0.25) is 4.79 Å². The fourth-order valence-electron chi connectivity index (χ4n) is 1.54. The predicted octanol–water partition coefficient (Wildman–Crippen LogP) is 1.69. The highest BCUT2D eigenvalue weighted by molar-refractivity contribution is 7.08. The number of H-pyrrole nitrogens is 1. The Hall–Kier alpha value is -1.20. The van der Waals surface area contributed by atoms with Crippen LogP contribution in [0.5, 0.6) is 0 Å². The van der Waals surface area contributed by atoms with E-state index in [1.54, 1.807) is 12.3 Å². The second-order valence-corrected chi connectivity index (χ2v) is 5.03. The quantitative estimate of drug-likeness (QED) is 0.657. The molecule has 2 rings (SSSR count). The van der Waals surface area contributed by atoms with Crippen LogP contribution < -0.4 is 9.55 Å². The number of pyridine rings is 1. The molecular weight excluding hydrogens is 246 g/mol. The van der Waals surface area contributed by atoms with E-state index >= 15 is 0 Å². The minimum absolute atomic E-state index is 0.0451. The Morgan fingerprint density at radius 1 is 1.56 bits per heavy atom. The number of aromatic amines is 1. The summed E-state index contributed by atoms with van der Waals surface area (Å²) >= 11 is 6.92. The summed E-state index contributed by atoms with van der Waals surface area (Å²) in [6, 6.07) is 3.69. The number of nitrogens with one attached hydrogen (secondary N) is 1. The van der Waals surface area contributed by atoms with Gasteiger partial charge in [-0.1, -0.05) is 16.3 Å². The zero-order valence-electron chi connectivity index (χ0n) is 8.90. The first kappa shape index (κ1) is 11.3. The molecule has 0 saturated carbocycles. The van der Waals surface area contributed by atoms with Gasteiger partial charge in [0.05, 0.1) is 0 Å². The van der Waals surface area contributed by atoms with Gasteiger partial charge in [0.25, 0.3) is 5.01 Å². The molecule has 0 saturated heterocycles. The first-order chi connectivity index (χ1) is 7.58. The molecule has 0 bridgehead atoms. The molecule has 2 heterocycles. The number of rotatable bonds is 2. The van der Waals surface area contributed by atoms with Gasteiger partial charge in [0, 0.05) is 25.6 Å². The molecule has 0 fully saturated rings. The van der Waals surface area contributed by atoms with Crippen molar-refractivity contribution < 1.29 is 4.68 Å². The normalized spacial score (nSPS) is 12.7. The van der Waals surface area contributed by atoms with Gasteiger partial charge >= 0.3 is 4.87 Å². The molecule has 0 aromatic carbocycles. The van der Waals surface area contributed by atoms with Crippen molar-refractivity contribution in [1.29, 1.82) is 0 Å². The molecule has 1 N–H and O–H groups in total. The molecule has 16 heavy (non-hydrogen) atoms. The van der Waals surface area contributed by atoms with E-state index < -0.39 is 0 Å². The topological polar surface area (TPSA) is 49.6 Å². The first-order valence-corrected chi connectivity index (χ1v) is 6.00. The molecule has 6 heteroatoms. The molecule has 2 aromatic heterocycles. The van der Waals surface area contributed by atoms with Gasteiger partial charge < -0.3 is 0 Å². The molecule has 0 amide bonds. The molecule has 1 unspecified atom stereocenters. The fourth-order valence-corrected chi connectivity index (χ4v) is 2.36. The zero-order chi connectivity index (χ0) is 11.7. The third-order valence-electron chi connectivity index (χ3n) is 2.41. The second-order valence-electron chi connectivity index (χ2n) is 3.48. The monoisotopic (exact) mass is 256 g/mol. The molecule has 4 nitrogen and oxygen atoms in total. The first-order valence-electron chi connectivity index (χ1n) is 4.80. The summed E-state index contributed by atoms with van der Waals surface area (Å²) in [7, 11) is 0. The third-order valence-corrected chi connectivity index (χ3v) is 3.40. The maximum Gasteiger partial charge on any atom is 0.359 e. The van der Waals surface area contributed by atoms with E-state index in [0.717, 1.165) is 10.6 Å². The Kier molecular flexibility index (Phi) is 3.07. The molecule has 2 aromatic rings. The van der Waals surface area contributed by atoms with Crippen LogP contribution in [0.1, 0.15) is 23.5 Å². The van der Waals surface area contributed by atoms with Crippen LogP contribution in [0.3, 0.4) is 0 Å². The van der Waals surface area contributed by atoms with E-state index in [-0.39, 0.29) is 10.9 Å². The Morgan fingerprint density at radius 3 is 2.81 bits per heavy atom. The van der Waals surface area contributed by atoms with Gasteiger partial charge in [0.2, 0.25) is 6.04 Å². The lowest BCUT2D eigenvalue weighted by Crippen LogP contribution is -2.43. The number of halogens is 1. The Morgan fingerprint density at radius 2 is 2.31 bits per heavy atom. The van der Waals surface area contributed by atoms with Crippen LogP contribution in [-0.2, 0) is 0 Å². The van der Waals surface area contributed by atoms with E-state index in [4.69, 9.17) is 11.6 Å². The number of nitrogens with zero attached hydrogens (tertiary/aromatic N) is 2. The van der Waals surface area contributed by atoms with Crippen molar-refractivity contribution in [3.63, 3.8) is 0 Å². The van der Waals surface area contributed by atoms with Crippen LogP contribution in [0.15, 0.2) is 23.1 Å². The fraction of sp³-hybridized carbons (Fsp3) is 0.300. The van der Waals surface area contributed by atoms with Crippen LogP contribution in [0.2, 0.25) is 5.15 Å². The van der Waals surface area contributed by atoms with E-state index in [9.17, 15) is 4.79 Å². The second kappa shape index (κ2) is 4.35. The Labute approximate surface area is 102 Å². The lowest BCUT2D eigenvalue weighted by atomic mass is 10.1. The predicted molar refractivity (Wildman–Crippen MR) is 62.9 cm³/mol. The summed E-state index contributed by atoms with van der Waals surface area (Å²) in [6.45, 7) is 3.91. The highest BCUT2D eigenvalue weighted by Gasteiger charge is 2.21. The lowest BCUT2D eigenvalue weighted by Gasteiger charge is -2.04. The molecular formula is C10H11ClN3OS+. The Bertz CT molecular complexity index is 546. The number of hydrogen-bond donors (Lipinski definition) is 1. The van der Waals surface area contributed by atoms with Crippen LogP contribution in [0.25, 0.3) is 0 Å². The highest BCUT2D eigenvalue weighted by atomic mass is 35.5. The van der Waals surface area contributed by atoms with Gasteiger partial charge in [-0.05, 0) is 23.5 Å². The van der Waals surface area contributed by atoms with Crippen LogP contribution >= 0.6 is 22.9 Å². The minimum atomic E-state index is -0.0497. The maximum atomic E-state index is 11.2. The molecule has 1 atom stereocenters. The van der Waals surface area contributed by atoms with Gasteiger partial charge in [0.1, 0.15) is 5.15 Å². The summed E-state index contributed by atoms with van der Waals surface area (Å²) in [4.78, 5) is 15.2. The molecule has 84 valence electrons. The Balaban J connectivity index is 2.38. The largest absolute Gasteiger partial charge is 0.359 e. The summed E-state index contributed by atoms with van der Waals surface area (Å²) in [5, 5.41) is 4.18. The van der Waals surface area contributed by atoms with Crippen LogP contribution in [0.4, 0.5) is 0 Å². The SMILES string of the molecule is Cc1sc(=O)[nH][n+]1C(C)c1ccc(Cl)nc1. The van der Waals surface area contributed by atoms with Gasteiger partial charge in [0.15, 0.2) is 0 Å². The summed E-state index contributed by atoms with van der Waals surface area (Å²) < 4.78 is 1.83. The molecule has 0 spiro atoms. The van der Waals surface area contributed by atoms with Crippen molar-refractivity contribution in [2.75, 3.05) is 0 Å². The van der Waals surface area contributed by atoms with Gasteiger partial charge in [-0.15, -0.1) is 5.10 Å². The molecule has 0 aliphatic heterocycles. The molecule has 0 aliphatic carbocycles. The zero-order valence-corrected chi connectivity index (χ0v) is 10.5. The van der Waals surface area contributed by atoms with E-state index in [1.807, 2.05) is 24.6 Å². The van der Waals surface area contributed by atoms with Crippen LogP contribution in [-0.4, -0.2) is 10.1 Å². The van der Waals surface area contributed by atoms with E-state index in [1.165, 1.54) is 11.3 Å². The summed E-state index contributed by atoms with van der Waals surface area (Å²) in [5.41, 5.74) is 1.01. The van der Waals surface area contributed by atoms with E-state index in [0.29, 0.717) is 5.15 Å². The van der Waals surface area contributed by atoms with Crippen molar-refractivity contribution in [2.45, 2.75) is 19.9 Å². The van der Waals surface area contributed by atoms with Crippen molar-refractivity contribution in [1.82, 2.24) is 10.1 Å². The van der Waals surface area contributed by atoms with Crippen LogP contribution in [0, 0.1) is 6.92 Å². The smallest absolute Gasteiger partial charge is 0.251 e.